The quantitative estimate of drug-likeness (QED) is 0.0199. The maximum absolute atomic E-state index is 13.5. The molecule has 12 N–H and O–H groups in total. The number of allylic oxidation sites excluding steroid dienone is 13. The number of aliphatic hydroxyl groups is 11. The Morgan fingerprint density at radius 2 is 0.667 bits per heavy atom. The first kappa shape index (κ1) is 96.2. The molecule has 0 aromatic rings. The molecule has 3 aliphatic heterocycles. The molecule has 0 aromatic carbocycles. The highest BCUT2D eigenvalue weighted by Crippen LogP contribution is 2.33. The number of carbonyl (C=O) groups is 1. The second-order valence-electron chi connectivity index (χ2n) is 29.9. The van der Waals surface area contributed by atoms with Crippen molar-refractivity contribution in [3.05, 3.63) is 85.1 Å². The lowest BCUT2D eigenvalue weighted by atomic mass is 9.96. The highest BCUT2D eigenvalue weighted by molar-refractivity contribution is 5.76. The van der Waals surface area contributed by atoms with Crippen molar-refractivity contribution in [3.63, 3.8) is 0 Å². The van der Waals surface area contributed by atoms with Crippen molar-refractivity contribution in [2.24, 2.45) is 0 Å². The molecule has 105 heavy (non-hydrogen) atoms. The Morgan fingerprint density at radius 1 is 0.352 bits per heavy atom. The van der Waals surface area contributed by atoms with Gasteiger partial charge < -0.3 is 89.9 Å². The van der Waals surface area contributed by atoms with Gasteiger partial charge in [-0.15, -0.1) is 0 Å². The van der Waals surface area contributed by atoms with Crippen LogP contribution < -0.4 is 5.32 Å². The van der Waals surface area contributed by atoms with Gasteiger partial charge in [-0.25, -0.2) is 0 Å². The molecule has 3 aliphatic rings. The van der Waals surface area contributed by atoms with Crippen molar-refractivity contribution < 1.29 is 89.4 Å². The summed E-state index contributed by atoms with van der Waals surface area (Å²) in [5.74, 6) is -0.290. The molecule has 0 aromatic heterocycles. The molecule has 0 saturated carbocycles. The van der Waals surface area contributed by atoms with Gasteiger partial charge in [-0.2, -0.15) is 0 Å². The number of aliphatic hydroxyl groups excluding tert-OH is 11. The van der Waals surface area contributed by atoms with E-state index in [4.69, 9.17) is 28.4 Å². The van der Waals surface area contributed by atoms with Crippen molar-refractivity contribution in [1.82, 2.24) is 5.32 Å². The van der Waals surface area contributed by atoms with Gasteiger partial charge in [-0.3, -0.25) is 4.79 Å². The molecular weight excluding hydrogens is 1330 g/mol. The van der Waals surface area contributed by atoms with E-state index in [0.717, 1.165) is 77.0 Å². The van der Waals surface area contributed by atoms with Crippen LogP contribution in [0.2, 0.25) is 0 Å². The van der Waals surface area contributed by atoms with E-state index in [0.29, 0.717) is 12.8 Å². The van der Waals surface area contributed by atoms with E-state index in [1.807, 2.05) is 6.08 Å². The second kappa shape index (κ2) is 65.7. The van der Waals surface area contributed by atoms with Crippen LogP contribution in [0.15, 0.2) is 85.1 Å². The van der Waals surface area contributed by atoms with Gasteiger partial charge in [0.05, 0.1) is 38.6 Å². The summed E-state index contributed by atoms with van der Waals surface area (Å²) < 4.78 is 34.5. The highest BCUT2D eigenvalue weighted by Gasteiger charge is 2.54. The van der Waals surface area contributed by atoms with E-state index in [1.165, 1.54) is 212 Å². The molecule has 0 radical (unpaired) electrons. The summed E-state index contributed by atoms with van der Waals surface area (Å²) >= 11 is 0. The van der Waals surface area contributed by atoms with Gasteiger partial charge in [-0.1, -0.05) is 317 Å². The van der Waals surface area contributed by atoms with Crippen LogP contribution in [0, 0.1) is 0 Å². The SMILES string of the molecule is CC/C=C\C/C=C\C/C=C\C/C=C\CCCCCCCCCCCCCCCCC(=O)NC(COC1OC(CO)C(OC2OC(CO)C(OC3OC(CO)C(O)C(O)C3O)C(O)C2O)C(O)C1O)C(O)/C=C/CC/C=C/CC/C=C/CCCCCCCCCCCCCCCCCCCCCCCCC. The molecule has 3 heterocycles. The summed E-state index contributed by atoms with van der Waals surface area (Å²) in [6.07, 6.45) is 61.6. The molecule has 19 heteroatoms. The minimum absolute atomic E-state index is 0.228. The zero-order valence-electron chi connectivity index (χ0n) is 65.4. The van der Waals surface area contributed by atoms with Crippen LogP contribution >= 0.6 is 0 Å². The molecule has 17 atom stereocenters. The molecule has 3 fully saturated rings. The van der Waals surface area contributed by atoms with Crippen molar-refractivity contribution >= 4 is 5.91 Å². The number of rotatable bonds is 67. The topological polar surface area (TPSA) is 307 Å². The van der Waals surface area contributed by atoms with E-state index < -0.39 is 124 Å². The molecule has 17 unspecified atom stereocenters. The largest absolute Gasteiger partial charge is 0.394 e. The maximum atomic E-state index is 13.5. The third-order valence-corrected chi connectivity index (χ3v) is 20.7. The fraction of sp³-hybridized carbons (Fsp3) is 0.826. The Morgan fingerprint density at radius 3 is 1.07 bits per heavy atom. The minimum atomic E-state index is -1.99. The standard InChI is InChI=1S/C86H153NO18/c1-3-5-7-9-11-13-15-17-19-21-23-25-27-29-31-32-33-34-35-36-38-39-41-43-45-47-49-51-53-55-57-59-61-63-70(91)69(87-74(92)64-62-60-58-56-54-52-50-48-46-44-42-40-37-30-28-26-24-22-20-18-16-14-12-10-8-6-4-2)68-100-84-80(98)77(95)82(72(66-89)102-84)105-86-81(99)78(96)83(73(67-90)103-86)104-85-79(97)76(94)75(93)71(65-88)101-85/h6,8,12,14,18,20,24,26,45,47,53,55,61,63,69-73,75-86,88-91,93-99H,3-5,7,9-11,13,15-17,19,21-23,25,27-44,46,48-52,54,56-60,62,64-68H2,1-2H3,(H,87,92)/b8-6-,14-12-,20-18-,26-24-,47-45+,55-53+,63-61+. The first-order valence-corrected chi connectivity index (χ1v) is 42.3. The first-order valence-electron chi connectivity index (χ1n) is 42.3. The fourth-order valence-corrected chi connectivity index (χ4v) is 13.9. The fourth-order valence-electron chi connectivity index (χ4n) is 13.9. The Hall–Kier alpha value is -3.03. The number of carbonyl (C=O) groups excluding carboxylic acids is 1. The minimum Gasteiger partial charge on any atom is -0.394 e. The van der Waals surface area contributed by atoms with Gasteiger partial charge >= 0.3 is 0 Å². The Labute approximate surface area is 635 Å². The molecular formula is C86H153NO18. The van der Waals surface area contributed by atoms with E-state index in [1.54, 1.807) is 6.08 Å². The van der Waals surface area contributed by atoms with Crippen molar-refractivity contribution in [3.8, 4) is 0 Å². The number of amides is 1. The predicted molar refractivity (Wildman–Crippen MR) is 420 cm³/mol. The summed E-state index contributed by atoms with van der Waals surface area (Å²) in [7, 11) is 0. The van der Waals surface area contributed by atoms with Gasteiger partial charge in [0, 0.05) is 6.42 Å². The smallest absolute Gasteiger partial charge is 0.220 e. The number of ether oxygens (including phenoxy) is 6. The van der Waals surface area contributed by atoms with E-state index in [2.05, 4.69) is 92.1 Å². The van der Waals surface area contributed by atoms with Crippen LogP contribution in [0.3, 0.4) is 0 Å². The monoisotopic (exact) mass is 1490 g/mol. The number of unbranched alkanes of at least 4 members (excludes halogenated alkanes) is 39. The molecule has 0 bridgehead atoms. The Kier molecular flexibility index (Phi) is 60.1. The maximum Gasteiger partial charge on any atom is 0.220 e. The van der Waals surface area contributed by atoms with Crippen LogP contribution in [0.4, 0.5) is 0 Å². The summed E-state index contributed by atoms with van der Waals surface area (Å²) in [5, 5.41) is 121. The molecule has 3 rings (SSSR count). The zero-order chi connectivity index (χ0) is 76.0. The number of nitrogens with one attached hydrogen (secondary N) is 1. The zero-order valence-corrected chi connectivity index (χ0v) is 65.4. The molecule has 1 amide bonds. The summed E-state index contributed by atoms with van der Waals surface area (Å²) in [5.41, 5.74) is 0. The van der Waals surface area contributed by atoms with Crippen LogP contribution in [0.5, 0.6) is 0 Å². The first-order chi connectivity index (χ1) is 51.3. The lowest BCUT2D eigenvalue weighted by Gasteiger charge is -2.48. The van der Waals surface area contributed by atoms with Crippen LogP contribution in [0.25, 0.3) is 0 Å². The molecule has 19 nitrogen and oxygen atoms in total. The van der Waals surface area contributed by atoms with Gasteiger partial charge in [0.15, 0.2) is 18.9 Å². The lowest BCUT2D eigenvalue weighted by Crippen LogP contribution is -2.66. The molecule has 0 spiro atoms. The molecule has 3 saturated heterocycles. The summed E-state index contributed by atoms with van der Waals surface area (Å²) in [4.78, 5) is 13.5. The predicted octanol–water partition coefficient (Wildman–Crippen LogP) is 15.0. The Bertz CT molecular complexity index is 2230. The average molecular weight is 1490 g/mol. The summed E-state index contributed by atoms with van der Waals surface area (Å²) in [6.45, 7) is 1.63. The third kappa shape index (κ3) is 45.2. The highest BCUT2D eigenvalue weighted by atomic mass is 16.8. The van der Waals surface area contributed by atoms with Gasteiger partial charge in [0.25, 0.3) is 0 Å². The van der Waals surface area contributed by atoms with Crippen molar-refractivity contribution in [2.45, 2.75) is 426 Å². The number of hydrogen-bond donors (Lipinski definition) is 12. The van der Waals surface area contributed by atoms with Gasteiger partial charge in [-0.05, 0) is 83.5 Å². The number of hydrogen-bond acceptors (Lipinski definition) is 18. The third-order valence-electron chi connectivity index (χ3n) is 20.7. The van der Waals surface area contributed by atoms with E-state index in [-0.39, 0.29) is 18.9 Å². The Balaban J connectivity index is 1.37. The summed E-state index contributed by atoms with van der Waals surface area (Å²) in [6, 6.07) is -1.00. The van der Waals surface area contributed by atoms with Crippen molar-refractivity contribution in [2.75, 3.05) is 26.4 Å². The van der Waals surface area contributed by atoms with E-state index >= 15 is 0 Å². The second-order valence-corrected chi connectivity index (χ2v) is 29.9. The van der Waals surface area contributed by atoms with Crippen LogP contribution in [-0.2, 0) is 33.2 Å². The van der Waals surface area contributed by atoms with E-state index in [9.17, 15) is 61.0 Å². The molecule has 610 valence electrons. The van der Waals surface area contributed by atoms with Gasteiger partial charge in [0.1, 0.15) is 73.2 Å². The van der Waals surface area contributed by atoms with Gasteiger partial charge in [0.2, 0.25) is 5.91 Å². The normalized spacial score (nSPS) is 26.2. The molecule has 0 aliphatic carbocycles. The average Bonchev–Trinajstić information content (AvgIpc) is 0.781. The lowest BCUT2D eigenvalue weighted by molar-refractivity contribution is -0.379. The van der Waals surface area contributed by atoms with Crippen molar-refractivity contribution in [1.29, 1.82) is 0 Å². The van der Waals surface area contributed by atoms with Crippen LogP contribution in [-0.4, -0.2) is 193 Å². The van der Waals surface area contributed by atoms with Crippen LogP contribution in [0.1, 0.15) is 322 Å².